The van der Waals surface area contributed by atoms with E-state index in [9.17, 15) is 9.18 Å². The second kappa shape index (κ2) is 6.78. The first kappa shape index (κ1) is 18.0. The van der Waals surface area contributed by atoms with Crippen LogP contribution in [-0.4, -0.2) is 38.8 Å². The van der Waals surface area contributed by atoms with Crippen LogP contribution in [0.4, 0.5) is 15.8 Å². The molecule has 0 spiro atoms. The number of amides is 1. The van der Waals surface area contributed by atoms with Gasteiger partial charge < -0.3 is 20.4 Å². The molecule has 0 aliphatic carbocycles. The van der Waals surface area contributed by atoms with E-state index in [1.54, 1.807) is 29.8 Å². The van der Waals surface area contributed by atoms with Crippen molar-refractivity contribution >= 4 is 45.4 Å². The van der Waals surface area contributed by atoms with Crippen LogP contribution in [0.15, 0.2) is 36.0 Å². The summed E-state index contributed by atoms with van der Waals surface area (Å²) in [5.74, 6) is -0.823. The van der Waals surface area contributed by atoms with Crippen molar-refractivity contribution in [3.63, 3.8) is 0 Å². The molecule has 5 rings (SSSR count). The Morgan fingerprint density at radius 2 is 2.24 bits per heavy atom. The molecule has 4 heterocycles. The number of imidazole rings is 1. The van der Waals surface area contributed by atoms with Crippen LogP contribution in [0.3, 0.4) is 0 Å². The molecule has 0 saturated carbocycles. The van der Waals surface area contributed by atoms with Crippen molar-refractivity contribution in [1.29, 1.82) is 0 Å². The summed E-state index contributed by atoms with van der Waals surface area (Å²) in [7, 11) is 0. The van der Waals surface area contributed by atoms with Crippen molar-refractivity contribution in [2.45, 2.75) is 19.4 Å². The van der Waals surface area contributed by atoms with Gasteiger partial charge in [-0.05, 0) is 37.0 Å². The number of carbonyl (C=O) groups is 1. The highest BCUT2D eigenvalue weighted by Gasteiger charge is 2.23. The zero-order valence-corrected chi connectivity index (χ0v) is 16.5. The number of aryl methyl sites for hydroxylation is 1. The summed E-state index contributed by atoms with van der Waals surface area (Å²) in [5.41, 5.74) is 9.47. The van der Waals surface area contributed by atoms with Crippen LogP contribution in [0.2, 0.25) is 0 Å². The Morgan fingerprint density at radius 1 is 1.38 bits per heavy atom. The molecule has 1 saturated heterocycles. The molecule has 0 radical (unpaired) electrons. The molecule has 1 amide bonds. The van der Waals surface area contributed by atoms with Gasteiger partial charge in [0.1, 0.15) is 0 Å². The minimum atomic E-state index is -0.490. The minimum Gasteiger partial charge on any atom is -0.369 e. The number of benzene rings is 1. The summed E-state index contributed by atoms with van der Waals surface area (Å²) in [6.07, 6.45) is 4.31. The predicted octanol–water partition coefficient (Wildman–Crippen LogP) is 3.18. The highest BCUT2D eigenvalue weighted by molar-refractivity contribution is 7.05. The summed E-state index contributed by atoms with van der Waals surface area (Å²) in [5, 5.41) is 5.67. The molecule has 3 aromatic heterocycles. The Morgan fingerprint density at radius 3 is 3.03 bits per heavy atom. The normalized spacial score (nSPS) is 16.8. The first-order valence-corrected chi connectivity index (χ1v) is 10.2. The van der Waals surface area contributed by atoms with E-state index < -0.39 is 5.82 Å². The van der Waals surface area contributed by atoms with Gasteiger partial charge in [0.25, 0.3) is 5.91 Å². The van der Waals surface area contributed by atoms with Gasteiger partial charge in [-0.1, -0.05) is 0 Å². The molecule has 1 atom stereocenters. The smallest absolute Gasteiger partial charge is 0.257 e. The van der Waals surface area contributed by atoms with Crippen LogP contribution in [0.25, 0.3) is 16.6 Å². The van der Waals surface area contributed by atoms with Gasteiger partial charge in [-0.25, -0.2) is 9.37 Å². The molecule has 1 fully saturated rings. The van der Waals surface area contributed by atoms with Gasteiger partial charge in [0.15, 0.2) is 11.5 Å². The quantitative estimate of drug-likeness (QED) is 0.542. The number of nitrogens with two attached hydrogens (primary N) is 1. The van der Waals surface area contributed by atoms with Gasteiger partial charge in [-0.15, -0.1) is 0 Å². The number of nitrogens with one attached hydrogen (secondary N) is 1. The summed E-state index contributed by atoms with van der Waals surface area (Å²) >= 11 is 1.31. The Kier molecular flexibility index (Phi) is 4.21. The second-order valence-corrected chi connectivity index (χ2v) is 7.98. The highest BCUT2D eigenvalue weighted by Crippen LogP contribution is 2.32. The number of rotatable bonds is 3. The number of anilines is 2. The van der Waals surface area contributed by atoms with Crippen LogP contribution < -0.4 is 16.0 Å². The lowest BCUT2D eigenvalue weighted by atomic mass is 10.1. The molecule has 29 heavy (non-hydrogen) atoms. The number of hydrogen-bond donors (Lipinski definition) is 2. The first-order valence-electron chi connectivity index (χ1n) is 9.33. The average Bonchev–Trinajstić information content (AvgIpc) is 3.40. The molecule has 148 valence electrons. The van der Waals surface area contributed by atoms with Gasteiger partial charge >= 0.3 is 0 Å². The predicted molar refractivity (Wildman–Crippen MR) is 112 cm³/mol. The summed E-state index contributed by atoms with van der Waals surface area (Å²) in [6.45, 7) is 3.47. The fraction of sp³-hybridized carbons (Fsp3) is 0.250. The summed E-state index contributed by atoms with van der Waals surface area (Å²) < 4.78 is 20.3. The fourth-order valence-electron chi connectivity index (χ4n) is 3.85. The molecular formula is C20H19FN6OS. The number of fused-ring (bicyclic) bond motifs is 2. The van der Waals surface area contributed by atoms with Gasteiger partial charge in [0, 0.05) is 54.0 Å². The molecular weight excluding hydrogens is 391 g/mol. The van der Waals surface area contributed by atoms with Crippen LogP contribution in [0.1, 0.15) is 22.5 Å². The van der Waals surface area contributed by atoms with E-state index >= 15 is 0 Å². The van der Waals surface area contributed by atoms with Gasteiger partial charge in [0.2, 0.25) is 0 Å². The Hall–Kier alpha value is -3.04. The zero-order valence-electron chi connectivity index (χ0n) is 15.7. The number of carbonyl (C=O) groups excluding carboxylic acids is 1. The average molecular weight is 410 g/mol. The van der Waals surface area contributed by atoms with E-state index in [1.165, 1.54) is 17.6 Å². The van der Waals surface area contributed by atoms with Gasteiger partial charge in [0.05, 0.1) is 22.5 Å². The topological polar surface area (TPSA) is 88.5 Å². The minimum absolute atomic E-state index is 0.163. The number of hydrogen-bond acceptors (Lipinski definition) is 6. The first-order chi connectivity index (χ1) is 14.0. The summed E-state index contributed by atoms with van der Waals surface area (Å²) in [4.78, 5) is 19.3. The van der Waals surface area contributed by atoms with Crippen LogP contribution in [-0.2, 0) is 0 Å². The third-order valence-electron chi connectivity index (χ3n) is 5.20. The molecule has 4 aromatic rings. The van der Waals surface area contributed by atoms with Crippen molar-refractivity contribution < 1.29 is 9.18 Å². The van der Waals surface area contributed by atoms with E-state index in [1.807, 2.05) is 11.4 Å². The Bertz CT molecular complexity index is 1250. The van der Waals surface area contributed by atoms with Gasteiger partial charge in [-0.2, -0.15) is 4.37 Å². The largest absolute Gasteiger partial charge is 0.369 e. The molecule has 1 unspecified atom stereocenters. The number of nitrogens with zero attached hydrogens (tertiary/aromatic N) is 4. The highest BCUT2D eigenvalue weighted by atomic mass is 32.1. The maximum Gasteiger partial charge on any atom is 0.257 e. The Balaban J connectivity index is 1.48. The molecule has 0 bridgehead atoms. The maximum atomic E-state index is 14.3. The van der Waals surface area contributed by atoms with Crippen molar-refractivity contribution in [2.24, 2.45) is 5.73 Å². The molecule has 1 aromatic carbocycles. The maximum absolute atomic E-state index is 14.3. The molecule has 7 nitrogen and oxygen atoms in total. The van der Waals surface area contributed by atoms with E-state index in [2.05, 4.69) is 19.6 Å². The molecule has 1 aliphatic heterocycles. The van der Waals surface area contributed by atoms with E-state index in [0.717, 1.165) is 30.6 Å². The number of halogens is 1. The molecule has 1 aliphatic rings. The lowest BCUT2D eigenvalue weighted by Crippen LogP contribution is -2.26. The van der Waals surface area contributed by atoms with Gasteiger partial charge in [-0.3, -0.25) is 4.79 Å². The van der Waals surface area contributed by atoms with E-state index in [0.29, 0.717) is 22.5 Å². The molecule has 3 N–H and O–H groups in total. The lowest BCUT2D eigenvalue weighted by molar-refractivity contribution is 0.102. The second-order valence-electron chi connectivity index (χ2n) is 7.35. The van der Waals surface area contributed by atoms with Crippen molar-refractivity contribution in [2.75, 3.05) is 23.3 Å². The van der Waals surface area contributed by atoms with Crippen LogP contribution >= 0.6 is 11.5 Å². The number of pyridine rings is 1. The third kappa shape index (κ3) is 3.12. The van der Waals surface area contributed by atoms with Crippen LogP contribution in [0, 0.1) is 12.7 Å². The van der Waals surface area contributed by atoms with E-state index in [4.69, 9.17) is 5.73 Å². The lowest BCUT2D eigenvalue weighted by Gasteiger charge is -2.19. The van der Waals surface area contributed by atoms with E-state index in [-0.39, 0.29) is 17.6 Å². The fourth-order valence-corrected chi connectivity index (χ4v) is 4.55. The van der Waals surface area contributed by atoms with Crippen molar-refractivity contribution in [3.05, 3.63) is 53.0 Å². The zero-order chi connectivity index (χ0) is 20.1. The standard InChI is InChI=1S/C20H19FN6OS/c1-11-7-27-9-13(6-16(21)19(27)23-11)24-20(28)14-2-3-17(15-10-29-25-18(14)15)26-5-4-12(22)8-26/h2-3,6-7,9-10,12H,4-5,8,22H2,1H3,(H,24,28). The monoisotopic (exact) mass is 410 g/mol. The summed E-state index contributed by atoms with van der Waals surface area (Å²) in [6, 6.07) is 5.15. The van der Waals surface area contributed by atoms with Crippen molar-refractivity contribution in [1.82, 2.24) is 13.8 Å². The Labute approximate surface area is 170 Å². The molecule has 9 heteroatoms. The SMILES string of the molecule is Cc1cn2cc(NC(=O)c3ccc(N4CCC(N)C4)c4csnc34)cc(F)c2n1. The van der Waals surface area contributed by atoms with Crippen LogP contribution in [0.5, 0.6) is 0 Å². The third-order valence-corrected chi connectivity index (χ3v) is 5.83. The van der Waals surface area contributed by atoms with Crippen molar-refractivity contribution in [3.8, 4) is 0 Å². The number of aromatic nitrogens is 3.